The maximum absolute atomic E-state index is 11.8. The molecule has 23 heavy (non-hydrogen) atoms. The predicted octanol–water partition coefficient (Wildman–Crippen LogP) is 1.18. The number of esters is 1. The SMILES string of the molecule is CNC(=O)N(C(C)=O)c1ccc(C[C@@H](C(=O)OC)N(C)P)cc1. The van der Waals surface area contributed by atoms with Gasteiger partial charge in [-0.25, -0.2) is 9.69 Å². The Labute approximate surface area is 138 Å². The Morgan fingerprint density at radius 3 is 2.22 bits per heavy atom. The number of likely N-dealkylation sites (N-methyl/N-ethyl adjacent to an activating group) is 1. The molecule has 1 aromatic rings. The van der Waals surface area contributed by atoms with E-state index >= 15 is 0 Å². The van der Waals surface area contributed by atoms with E-state index in [-0.39, 0.29) is 11.9 Å². The van der Waals surface area contributed by atoms with Crippen molar-refractivity contribution in [3.63, 3.8) is 0 Å². The number of nitrogens with one attached hydrogen (secondary N) is 1. The van der Waals surface area contributed by atoms with Crippen LogP contribution in [0, 0.1) is 0 Å². The summed E-state index contributed by atoms with van der Waals surface area (Å²) in [4.78, 5) is 36.2. The topological polar surface area (TPSA) is 79.0 Å². The van der Waals surface area contributed by atoms with Gasteiger partial charge in [-0.05, 0) is 31.2 Å². The minimum atomic E-state index is -0.498. The second-order valence-corrected chi connectivity index (χ2v) is 5.80. The predicted molar refractivity (Wildman–Crippen MR) is 91.0 cm³/mol. The smallest absolute Gasteiger partial charge is 0.328 e. The van der Waals surface area contributed by atoms with Crippen molar-refractivity contribution < 1.29 is 19.1 Å². The number of carbonyl (C=O) groups is 3. The van der Waals surface area contributed by atoms with Crippen molar-refractivity contribution >= 4 is 33.0 Å². The molecule has 0 saturated carbocycles. The van der Waals surface area contributed by atoms with E-state index in [9.17, 15) is 14.4 Å². The number of benzene rings is 1. The lowest BCUT2D eigenvalue weighted by Gasteiger charge is -2.22. The number of rotatable bonds is 5. The molecule has 1 aromatic carbocycles. The van der Waals surface area contributed by atoms with Crippen LogP contribution in [0.2, 0.25) is 0 Å². The summed E-state index contributed by atoms with van der Waals surface area (Å²) in [5, 5.41) is 2.42. The van der Waals surface area contributed by atoms with Gasteiger partial charge in [0.1, 0.15) is 6.04 Å². The second-order valence-electron chi connectivity index (χ2n) is 4.98. The normalized spacial score (nSPS) is 11.7. The maximum Gasteiger partial charge on any atom is 0.328 e. The number of carbonyl (C=O) groups excluding carboxylic acids is 3. The summed E-state index contributed by atoms with van der Waals surface area (Å²) in [6.07, 6.45) is 0.451. The summed E-state index contributed by atoms with van der Waals surface area (Å²) in [5.41, 5.74) is 1.35. The molecule has 0 aromatic heterocycles. The maximum atomic E-state index is 11.8. The number of urea groups is 1. The molecule has 0 aliphatic heterocycles. The van der Waals surface area contributed by atoms with Crippen LogP contribution in [-0.4, -0.2) is 49.8 Å². The van der Waals surface area contributed by atoms with Crippen molar-refractivity contribution in [2.45, 2.75) is 19.4 Å². The summed E-state index contributed by atoms with van der Waals surface area (Å²) in [5.74, 6) is -0.712. The summed E-state index contributed by atoms with van der Waals surface area (Å²) in [6, 6.07) is 5.96. The van der Waals surface area contributed by atoms with Gasteiger partial charge in [-0.3, -0.25) is 14.3 Å². The van der Waals surface area contributed by atoms with Crippen LogP contribution in [0.5, 0.6) is 0 Å². The molecule has 0 fully saturated rings. The third-order valence-corrected chi connectivity index (χ3v) is 3.68. The fraction of sp³-hybridized carbons (Fsp3) is 0.400. The van der Waals surface area contributed by atoms with Crippen molar-refractivity contribution in [1.29, 1.82) is 0 Å². The highest BCUT2D eigenvalue weighted by Crippen LogP contribution is 2.18. The first-order valence-corrected chi connectivity index (χ1v) is 7.50. The first-order chi connectivity index (χ1) is 10.8. The molecule has 7 nitrogen and oxygen atoms in total. The molecule has 0 spiro atoms. The molecule has 0 aliphatic carbocycles. The minimum absolute atomic E-state index is 0.331. The average Bonchev–Trinajstić information content (AvgIpc) is 2.52. The lowest BCUT2D eigenvalue weighted by atomic mass is 10.1. The molecular formula is C15H22N3O4P. The van der Waals surface area contributed by atoms with E-state index in [0.717, 1.165) is 10.5 Å². The highest BCUT2D eigenvalue weighted by molar-refractivity contribution is 7.13. The molecule has 1 rings (SSSR count). The number of imide groups is 1. The lowest BCUT2D eigenvalue weighted by molar-refractivity contribution is -0.144. The van der Waals surface area contributed by atoms with Gasteiger partial charge in [-0.15, -0.1) is 0 Å². The fourth-order valence-corrected chi connectivity index (χ4v) is 2.31. The molecule has 2 atom stereocenters. The van der Waals surface area contributed by atoms with Gasteiger partial charge < -0.3 is 10.1 Å². The number of hydrogen-bond donors (Lipinski definition) is 1. The van der Waals surface area contributed by atoms with Gasteiger partial charge in [0.25, 0.3) is 0 Å². The molecule has 1 unspecified atom stereocenters. The third-order valence-electron chi connectivity index (χ3n) is 3.32. The first-order valence-electron chi connectivity index (χ1n) is 6.98. The first kappa shape index (κ1) is 19.1. The molecule has 3 amide bonds. The van der Waals surface area contributed by atoms with Crippen molar-refractivity contribution in [2.75, 3.05) is 26.1 Å². The molecule has 0 bridgehead atoms. The van der Waals surface area contributed by atoms with E-state index in [1.54, 1.807) is 36.0 Å². The molecular weight excluding hydrogens is 317 g/mol. The van der Waals surface area contributed by atoms with E-state index < -0.39 is 12.1 Å². The molecule has 126 valence electrons. The molecule has 1 N–H and O–H groups in total. The molecule has 0 saturated heterocycles. The number of methoxy groups -OCH3 is 1. The van der Waals surface area contributed by atoms with E-state index in [0.29, 0.717) is 12.1 Å². The van der Waals surface area contributed by atoms with Crippen LogP contribution < -0.4 is 10.2 Å². The van der Waals surface area contributed by atoms with Crippen molar-refractivity contribution in [3.05, 3.63) is 29.8 Å². The minimum Gasteiger partial charge on any atom is -0.468 e. The van der Waals surface area contributed by atoms with Crippen LogP contribution in [0.1, 0.15) is 12.5 Å². The Morgan fingerprint density at radius 1 is 1.26 bits per heavy atom. The number of ether oxygens (including phenoxy) is 1. The van der Waals surface area contributed by atoms with Crippen molar-refractivity contribution in [2.24, 2.45) is 0 Å². The zero-order chi connectivity index (χ0) is 17.6. The molecule has 0 aliphatic rings. The summed E-state index contributed by atoms with van der Waals surface area (Å²) >= 11 is 0. The van der Waals surface area contributed by atoms with Gasteiger partial charge in [0.05, 0.1) is 12.8 Å². The van der Waals surface area contributed by atoms with Crippen LogP contribution in [0.15, 0.2) is 24.3 Å². The van der Waals surface area contributed by atoms with E-state index in [1.807, 2.05) is 0 Å². The van der Waals surface area contributed by atoms with Crippen LogP contribution in [0.4, 0.5) is 10.5 Å². The Morgan fingerprint density at radius 2 is 1.83 bits per heavy atom. The van der Waals surface area contributed by atoms with Crippen LogP contribution in [0.3, 0.4) is 0 Å². The van der Waals surface area contributed by atoms with Gasteiger partial charge in [0.15, 0.2) is 0 Å². The van der Waals surface area contributed by atoms with Gasteiger partial charge in [0.2, 0.25) is 5.91 Å². The zero-order valence-corrected chi connectivity index (χ0v) is 14.9. The highest BCUT2D eigenvalue weighted by Gasteiger charge is 2.23. The Kier molecular flexibility index (Phi) is 7.13. The lowest BCUT2D eigenvalue weighted by Crippen LogP contribution is -2.41. The molecule has 0 radical (unpaired) electrons. The standard InChI is InChI=1S/C15H22N3O4P/c1-10(19)18(15(21)16-2)12-7-5-11(6-8-12)9-13(17(3)23)14(20)22-4/h5-8,13H,9,23H2,1-4H3,(H,16,21)/t13-/m0/s1. The van der Waals surface area contributed by atoms with Crippen LogP contribution in [-0.2, 0) is 20.7 Å². The summed E-state index contributed by atoms with van der Waals surface area (Å²) in [7, 11) is 7.02. The van der Waals surface area contributed by atoms with Gasteiger partial charge >= 0.3 is 12.0 Å². The summed E-state index contributed by atoms with van der Waals surface area (Å²) in [6.45, 7) is 1.32. The van der Waals surface area contributed by atoms with Gasteiger partial charge in [0, 0.05) is 14.0 Å². The highest BCUT2D eigenvalue weighted by atomic mass is 31.0. The third kappa shape index (κ3) is 5.01. The Hall–Kier alpha value is -1.98. The van der Waals surface area contributed by atoms with Crippen molar-refractivity contribution in [1.82, 2.24) is 9.99 Å². The number of amides is 3. The van der Waals surface area contributed by atoms with Gasteiger partial charge in [-0.1, -0.05) is 21.5 Å². The number of nitrogens with zero attached hydrogens (tertiary/aromatic N) is 2. The van der Waals surface area contributed by atoms with E-state index in [1.165, 1.54) is 21.1 Å². The largest absolute Gasteiger partial charge is 0.468 e. The van der Waals surface area contributed by atoms with Gasteiger partial charge in [-0.2, -0.15) is 0 Å². The molecule has 0 heterocycles. The van der Waals surface area contributed by atoms with Crippen LogP contribution in [0.25, 0.3) is 0 Å². The number of anilines is 1. The van der Waals surface area contributed by atoms with Crippen LogP contribution >= 0.6 is 9.39 Å². The van der Waals surface area contributed by atoms with E-state index in [2.05, 4.69) is 14.7 Å². The fourth-order valence-electron chi connectivity index (χ4n) is 2.09. The average molecular weight is 339 g/mol. The van der Waals surface area contributed by atoms with E-state index in [4.69, 9.17) is 4.74 Å². The Bertz CT molecular complexity index is 575. The Balaban J connectivity index is 2.97. The quantitative estimate of drug-likeness (QED) is 0.644. The summed E-state index contributed by atoms with van der Waals surface area (Å²) < 4.78 is 6.49. The molecule has 8 heteroatoms. The number of hydrogen-bond acceptors (Lipinski definition) is 5. The second kappa shape index (κ2) is 8.60. The zero-order valence-electron chi connectivity index (χ0n) is 13.7. The van der Waals surface area contributed by atoms with Crippen molar-refractivity contribution in [3.8, 4) is 0 Å². The monoisotopic (exact) mass is 339 g/mol.